The number of amides is 2. The van der Waals surface area contributed by atoms with Gasteiger partial charge in [0.1, 0.15) is 5.75 Å². The molecule has 6 nitrogen and oxygen atoms in total. The maximum Gasteiger partial charge on any atom is 0.281 e. The molecular weight excluding hydrogens is 386 g/mol. The third kappa shape index (κ3) is 6.02. The van der Waals surface area contributed by atoms with Gasteiger partial charge >= 0.3 is 0 Å². The molecular formula is C22H21N3O3S. The van der Waals surface area contributed by atoms with E-state index in [1.807, 2.05) is 43.5 Å². The molecule has 0 fully saturated rings. The number of carbonyl (C=O) groups excluding carboxylic acids is 2. The summed E-state index contributed by atoms with van der Waals surface area (Å²) in [6, 6.07) is 16.4. The lowest BCUT2D eigenvalue weighted by Crippen LogP contribution is -2.20. The van der Waals surface area contributed by atoms with E-state index in [1.165, 1.54) is 23.1 Å². The molecule has 2 N–H and O–H groups in total. The molecule has 3 rings (SSSR count). The molecule has 7 heteroatoms. The van der Waals surface area contributed by atoms with Crippen LogP contribution in [0.1, 0.15) is 26.4 Å². The maximum absolute atomic E-state index is 12.1. The normalized spacial score (nSPS) is 10.7. The summed E-state index contributed by atoms with van der Waals surface area (Å²) in [6.07, 6.45) is 1.52. The van der Waals surface area contributed by atoms with Gasteiger partial charge in [0.15, 0.2) is 6.61 Å². The van der Waals surface area contributed by atoms with Gasteiger partial charge in [0, 0.05) is 5.69 Å². The van der Waals surface area contributed by atoms with E-state index in [9.17, 15) is 9.59 Å². The number of nitrogens with one attached hydrogen (secondary N) is 2. The largest absolute Gasteiger partial charge is 0.484 e. The van der Waals surface area contributed by atoms with Gasteiger partial charge in [-0.15, -0.1) is 11.3 Å². The van der Waals surface area contributed by atoms with Crippen molar-refractivity contribution in [3.8, 4) is 5.75 Å². The number of rotatable bonds is 7. The molecule has 3 aromatic rings. The summed E-state index contributed by atoms with van der Waals surface area (Å²) in [6.45, 7) is 3.91. The van der Waals surface area contributed by atoms with E-state index in [2.05, 4.69) is 15.8 Å². The van der Waals surface area contributed by atoms with Gasteiger partial charge in [0.2, 0.25) is 0 Å². The summed E-state index contributed by atoms with van der Waals surface area (Å²) in [5, 5.41) is 8.60. The third-order valence-electron chi connectivity index (χ3n) is 4.14. The molecule has 0 radical (unpaired) electrons. The average Bonchev–Trinajstić information content (AvgIpc) is 3.25. The van der Waals surface area contributed by atoms with Crippen molar-refractivity contribution in [1.82, 2.24) is 5.43 Å². The summed E-state index contributed by atoms with van der Waals surface area (Å²) in [5.41, 5.74) is 6.24. The van der Waals surface area contributed by atoms with Crippen molar-refractivity contribution in [2.24, 2.45) is 5.10 Å². The number of hydrogen-bond donors (Lipinski definition) is 2. The number of hydrogen-bond acceptors (Lipinski definition) is 5. The van der Waals surface area contributed by atoms with Crippen LogP contribution >= 0.6 is 11.3 Å². The summed E-state index contributed by atoms with van der Waals surface area (Å²) in [7, 11) is 0. The van der Waals surface area contributed by atoms with Gasteiger partial charge < -0.3 is 10.1 Å². The second kappa shape index (κ2) is 9.66. The highest BCUT2D eigenvalue weighted by Gasteiger charge is 2.06. The van der Waals surface area contributed by atoms with Gasteiger partial charge in [0.05, 0.1) is 11.1 Å². The Labute approximate surface area is 173 Å². The fourth-order valence-electron chi connectivity index (χ4n) is 2.48. The molecule has 0 aliphatic rings. The van der Waals surface area contributed by atoms with Crippen LogP contribution in [-0.4, -0.2) is 24.6 Å². The van der Waals surface area contributed by atoms with Gasteiger partial charge in [0.25, 0.3) is 11.8 Å². The highest BCUT2D eigenvalue weighted by molar-refractivity contribution is 7.12. The predicted octanol–water partition coefficient (Wildman–Crippen LogP) is 4.15. The van der Waals surface area contributed by atoms with E-state index < -0.39 is 0 Å². The Morgan fingerprint density at radius 2 is 1.93 bits per heavy atom. The first kappa shape index (κ1) is 20.3. The Morgan fingerprint density at radius 3 is 2.69 bits per heavy atom. The van der Waals surface area contributed by atoms with E-state index in [0.717, 1.165) is 16.8 Å². The predicted molar refractivity (Wildman–Crippen MR) is 116 cm³/mol. The fourth-order valence-corrected chi connectivity index (χ4v) is 3.09. The molecule has 2 amide bonds. The van der Waals surface area contributed by atoms with E-state index in [-0.39, 0.29) is 18.4 Å². The molecule has 0 spiro atoms. The van der Waals surface area contributed by atoms with Crippen molar-refractivity contribution in [2.45, 2.75) is 13.8 Å². The zero-order valence-corrected chi connectivity index (χ0v) is 17.0. The Balaban J connectivity index is 1.51. The zero-order chi connectivity index (χ0) is 20.6. The lowest BCUT2D eigenvalue weighted by Gasteiger charge is -2.09. The molecule has 1 heterocycles. The van der Waals surface area contributed by atoms with Crippen LogP contribution in [0.5, 0.6) is 5.75 Å². The first-order chi connectivity index (χ1) is 14.0. The molecule has 0 unspecified atom stereocenters. The molecule has 0 aliphatic carbocycles. The third-order valence-corrected chi connectivity index (χ3v) is 5.01. The molecule has 0 aliphatic heterocycles. The molecule has 29 heavy (non-hydrogen) atoms. The number of benzene rings is 2. The second-order valence-corrected chi connectivity index (χ2v) is 7.33. The summed E-state index contributed by atoms with van der Waals surface area (Å²) in [5.74, 6) is 0.0379. The summed E-state index contributed by atoms with van der Waals surface area (Å²) < 4.78 is 5.56. The van der Waals surface area contributed by atoms with Crippen LogP contribution in [0, 0.1) is 13.8 Å². The highest BCUT2D eigenvalue weighted by atomic mass is 32.1. The van der Waals surface area contributed by atoms with Crippen LogP contribution in [0.25, 0.3) is 0 Å². The van der Waals surface area contributed by atoms with Crippen LogP contribution in [0.4, 0.5) is 5.69 Å². The molecule has 0 saturated heterocycles. The van der Waals surface area contributed by atoms with Gasteiger partial charge in [-0.1, -0.05) is 24.3 Å². The Bertz CT molecular complexity index is 1030. The van der Waals surface area contributed by atoms with Crippen molar-refractivity contribution < 1.29 is 14.3 Å². The van der Waals surface area contributed by atoms with E-state index in [0.29, 0.717) is 10.6 Å². The van der Waals surface area contributed by atoms with E-state index in [1.54, 1.807) is 30.3 Å². The summed E-state index contributed by atoms with van der Waals surface area (Å²) >= 11 is 1.35. The second-order valence-electron chi connectivity index (χ2n) is 6.38. The molecule has 0 atom stereocenters. The average molecular weight is 407 g/mol. The minimum Gasteiger partial charge on any atom is -0.484 e. The van der Waals surface area contributed by atoms with Crippen LogP contribution in [0.2, 0.25) is 0 Å². The van der Waals surface area contributed by atoms with E-state index in [4.69, 9.17) is 4.74 Å². The van der Waals surface area contributed by atoms with Crippen molar-refractivity contribution in [2.75, 3.05) is 11.9 Å². The Hall–Kier alpha value is -3.45. The molecule has 0 saturated carbocycles. The smallest absolute Gasteiger partial charge is 0.281 e. The minimum atomic E-state index is -0.258. The number of carbonyl (C=O) groups is 2. The molecule has 0 bridgehead atoms. The van der Waals surface area contributed by atoms with Crippen molar-refractivity contribution in [3.63, 3.8) is 0 Å². The van der Waals surface area contributed by atoms with Crippen molar-refractivity contribution >= 4 is 35.1 Å². The van der Waals surface area contributed by atoms with Crippen molar-refractivity contribution in [1.29, 1.82) is 0 Å². The minimum absolute atomic E-state index is 0.108. The molecule has 1 aromatic heterocycles. The quantitative estimate of drug-likeness (QED) is 0.456. The number of anilines is 1. The van der Waals surface area contributed by atoms with Crippen LogP contribution in [0.3, 0.4) is 0 Å². The topological polar surface area (TPSA) is 79.8 Å². The zero-order valence-electron chi connectivity index (χ0n) is 16.1. The maximum atomic E-state index is 12.1. The fraction of sp³-hybridized carbons (Fsp3) is 0.136. The number of aryl methyl sites for hydroxylation is 2. The van der Waals surface area contributed by atoms with E-state index >= 15 is 0 Å². The first-order valence-electron chi connectivity index (χ1n) is 8.98. The van der Waals surface area contributed by atoms with Gasteiger partial charge in [-0.25, -0.2) is 5.43 Å². The number of thiophene rings is 1. The lowest BCUT2D eigenvalue weighted by atomic mass is 10.1. The Kier molecular flexibility index (Phi) is 6.76. The van der Waals surface area contributed by atoms with Crippen LogP contribution in [0.15, 0.2) is 65.1 Å². The van der Waals surface area contributed by atoms with Gasteiger partial charge in [-0.3, -0.25) is 9.59 Å². The molecule has 2 aromatic carbocycles. The monoisotopic (exact) mass is 407 g/mol. The SMILES string of the molecule is Cc1ccc(NC(=O)COc2cccc(/C=N/NC(=O)c3cccs3)c2)cc1C. The van der Waals surface area contributed by atoms with Crippen LogP contribution in [-0.2, 0) is 4.79 Å². The van der Waals surface area contributed by atoms with Crippen molar-refractivity contribution in [3.05, 3.63) is 81.5 Å². The lowest BCUT2D eigenvalue weighted by molar-refractivity contribution is -0.118. The highest BCUT2D eigenvalue weighted by Crippen LogP contribution is 2.15. The summed E-state index contributed by atoms with van der Waals surface area (Å²) in [4.78, 5) is 24.6. The molecule has 148 valence electrons. The number of hydrazone groups is 1. The first-order valence-corrected chi connectivity index (χ1v) is 9.86. The number of ether oxygens (including phenoxy) is 1. The van der Waals surface area contributed by atoms with Gasteiger partial charge in [-0.2, -0.15) is 5.10 Å². The number of nitrogens with zero attached hydrogens (tertiary/aromatic N) is 1. The standard InChI is InChI=1S/C22H21N3O3S/c1-15-8-9-18(11-16(15)2)24-21(26)14-28-19-6-3-5-17(12-19)13-23-25-22(27)20-7-4-10-29-20/h3-13H,14H2,1-2H3,(H,24,26)(H,25,27)/b23-13+. The Morgan fingerprint density at radius 1 is 1.07 bits per heavy atom. The van der Waals surface area contributed by atoms with Gasteiger partial charge in [-0.05, 0) is 66.2 Å². The van der Waals surface area contributed by atoms with Crippen LogP contribution < -0.4 is 15.5 Å².